The van der Waals surface area contributed by atoms with Gasteiger partial charge in [0.1, 0.15) is 0 Å². The fourth-order valence-corrected chi connectivity index (χ4v) is 5.75. The van der Waals surface area contributed by atoms with Crippen LogP contribution in [0, 0.1) is 0 Å². The Morgan fingerprint density at radius 3 is 1.02 bits per heavy atom. The van der Waals surface area contributed by atoms with Crippen molar-refractivity contribution in [3.05, 3.63) is 0 Å². The lowest BCUT2D eigenvalue weighted by Crippen LogP contribution is -2.37. The van der Waals surface area contributed by atoms with Crippen molar-refractivity contribution in [1.29, 1.82) is 0 Å². The van der Waals surface area contributed by atoms with Gasteiger partial charge in [-0.1, -0.05) is 194 Å². The van der Waals surface area contributed by atoms with Gasteiger partial charge in [0, 0.05) is 13.5 Å². The van der Waals surface area contributed by atoms with E-state index in [1.165, 1.54) is 167 Å². The fraction of sp³-hybridized carbons (Fsp3) is 0.973. The van der Waals surface area contributed by atoms with Gasteiger partial charge < -0.3 is 15.5 Å². The van der Waals surface area contributed by atoms with Gasteiger partial charge in [0.2, 0.25) is 5.91 Å². The van der Waals surface area contributed by atoms with Crippen molar-refractivity contribution >= 4 is 5.91 Å². The maximum atomic E-state index is 12.3. The van der Waals surface area contributed by atoms with Crippen molar-refractivity contribution in [2.24, 2.45) is 0 Å². The molecule has 1 unspecified atom stereocenters. The number of hydrogen-bond acceptors (Lipinski definition) is 3. The predicted molar refractivity (Wildman–Crippen MR) is 182 cm³/mol. The average Bonchev–Trinajstić information content (AvgIpc) is 2.99. The maximum absolute atomic E-state index is 12.3. The largest absolute Gasteiger partial charge is 0.400 e. The van der Waals surface area contributed by atoms with E-state index >= 15 is 0 Å². The van der Waals surface area contributed by atoms with Gasteiger partial charge in [0.15, 0.2) is 0 Å². The Morgan fingerprint density at radius 2 is 0.732 bits per heavy atom. The van der Waals surface area contributed by atoms with E-state index in [2.05, 4.69) is 19.2 Å². The molecule has 248 valence electrons. The van der Waals surface area contributed by atoms with Crippen LogP contribution in [0.15, 0.2) is 0 Å². The van der Waals surface area contributed by atoms with E-state index in [-0.39, 0.29) is 18.6 Å². The van der Waals surface area contributed by atoms with E-state index < -0.39 is 0 Å². The van der Waals surface area contributed by atoms with Crippen molar-refractivity contribution in [2.75, 3.05) is 13.7 Å². The summed E-state index contributed by atoms with van der Waals surface area (Å²) >= 11 is 0. The predicted octanol–water partition coefficient (Wildman–Crippen LogP) is 11.2. The lowest BCUT2D eigenvalue weighted by molar-refractivity contribution is -0.122. The lowest BCUT2D eigenvalue weighted by Gasteiger charge is -2.16. The Bertz CT molecular complexity index is 471. The first-order valence-electron chi connectivity index (χ1n) is 18.6. The molecule has 1 amide bonds. The summed E-state index contributed by atoms with van der Waals surface area (Å²) in [6.45, 7) is 4.64. The summed E-state index contributed by atoms with van der Waals surface area (Å²) in [5.74, 6) is 0.133. The third-order valence-electron chi connectivity index (χ3n) is 8.50. The summed E-state index contributed by atoms with van der Waals surface area (Å²) in [6, 6.07) is -0.0498. The Kier molecular flexibility index (Phi) is 40.9. The quantitative estimate of drug-likeness (QED) is 0.0673. The molecule has 0 rings (SSSR count). The zero-order chi connectivity index (χ0) is 30.5. The van der Waals surface area contributed by atoms with Crippen LogP contribution in [0.2, 0.25) is 0 Å². The van der Waals surface area contributed by atoms with Gasteiger partial charge in [-0.2, -0.15) is 0 Å². The Hall–Kier alpha value is -0.610. The van der Waals surface area contributed by atoms with Crippen LogP contribution in [-0.4, -0.2) is 35.9 Å². The number of rotatable bonds is 33. The standard InChI is InChI=1S/C36H73NO2.CH4O/c1-3-5-7-9-11-13-15-17-19-21-23-25-27-29-31-33-36(39)37-35(34-38)32-30-28-26-24-22-20-18-16-14-12-10-8-6-4-2;1-2/h35,38H,3-34H2,1-2H3,(H,37,39);2H,1H3. The highest BCUT2D eigenvalue weighted by molar-refractivity contribution is 5.76. The number of amides is 1. The second-order valence-electron chi connectivity index (χ2n) is 12.5. The van der Waals surface area contributed by atoms with Crippen LogP contribution in [0.5, 0.6) is 0 Å². The number of unbranched alkanes of at least 4 members (excludes halogenated alkanes) is 27. The van der Waals surface area contributed by atoms with E-state index in [1.54, 1.807) is 0 Å². The third kappa shape index (κ3) is 37.4. The molecule has 0 aromatic rings. The zero-order valence-electron chi connectivity index (χ0n) is 28.5. The van der Waals surface area contributed by atoms with Crippen LogP contribution in [0.25, 0.3) is 0 Å². The second-order valence-corrected chi connectivity index (χ2v) is 12.5. The highest BCUT2D eigenvalue weighted by atomic mass is 16.3. The first kappa shape index (κ1) is 42.5. The summed E-state index contributed by atoms with van der Waals surface area (Å²) in [4.78, 5) is 12.3. The number of aliphatic hydroxyl groups excluding tert-OH is 2. The molecule has 0 saturated carbocycles. The molecule has 0 radical (unpaired) electrons. The van der Waals surface area contributed by atoms with Gasteiger partial charge in [-0.05, 0) is 12.8 Å². The van der Waals surface area contributed by atoms with E-state index in [9.17, 15) is 9.90 Å². The van der Waals surface area contributed by atoms with Gasteiger partial charge in [-0.25, -0.2) is 0 Å². The van der Waals surface area contributed by atoms with Gasteiger partial charge in [0.05, 0.1) is 12.6 Å². The van der Waals surface area contributed by atoms with Crippen LogP contribution < -0.4 is 5.32 Å². The van der Waals surface area contributed by atoms with Crippen molar-refractivity contribution < 1.29 is 15.0 Å². The Balaban J connectivity index is 0. The first-order valence-corrected chi connectivity index (χ1v) is 18.6. The van der Waals surface area contributed by atoms with E-state index in [0.717, 1.165) is 32.8 Å². The summed E-state index contributed by atoms with van der Waals surface area (Å²) in [6.07, 6.45) is 40.8. The number of hydrogen-bond donors (Lipinski definition) is 3. The molecule has 4 nitrogen and oxygen atoms in total. The number of nitrogens with one attached hydrogen (secondary N) is 1. The topological polar surface area (TPSA) is 69.6 Å². The first-order chi connectivity index (χ1) is 20.2. The van der Waals surface area contributed by atoms with Gasteiger partial charge >= 0.3 is 0 Å². The number of carbonyl (C=O) groups excluding carboxylic acids is 1. The Morgan fingerprint density at radius 1 is 0.463 bits per heavy atom. The smallest absolute Gasteiger partial charge is 0.220 e. The molecule has 0 aliphatic heterocycles. The van der Waals surface area contributed by atoms with E-state index in [1.807, 2.05) is 0 Å². The zero-order valence-corrected chi connectivity index (χ0v) is 28.5. The van der Waals surface area contributed by atoms with E-state index in [0.29, 0.717) is 6.42 Å². The monoisotopic (exact) mass is 584 g/mol. The molecular formula is C37H77NO3. The SMILES string of the molecule is CCCCCCCCCCCCCCCCCC(=O)NC(CO)CCCCCCCCCCCCCCCC.CO. The molecule has 0 aliphatic rings. The Labute approximate surface area is 258 Å². The van der Waals surface area contributed by atoms with Gasteiger partial charge in [0.25, 0.3) is 0 Å². The van der Waals surface area contributed by atoms with Gasteiger partial charge in [-0.15, -0.1) is 0 Å². The van der Waals surface area contributed by atoms with Crippen molar-refractivity contribution in [2.45, 2.75) is 219 Å². The summed E-state index contributed by atoms with van der Waals surface area (Å²) in [5.41, 5.74) is 0. The molecule has 1 atom stereocenters. The molecule has 0 aromatic heterocycles. The average molecular weight is 584 g/mol. The van der Waals surface area contributed by atoms with Crippen molar-refractivity contribution in [3.63, 3.8) is 0 Å². The number of aliphatic hydroxyl groups is 2. The molecule has 0 aromatic carbocycles. The van der Waals surface area contributed by atoms with Crippen LogP contribution in [0.3, 0.4) is 0 Å². The number of carbonyl (C=O) groups is 1. The van der Waals surface area contributed by atoms with Crippen LogP contribution >= 0.6 is 0 Å². The van der Waals surface area contributed by atoms with Crippen molar-refractivity contribution in [3.8, 4) is 0 Å². The van der Waals surface area contributed by atoms with Gasteiger partial charge in [-0.3, -0.25) is 4.79 Å². The van der Waals surface area contributed by atoms with Crippen LogP contribution in [-0.2, 0) is 4.79 Å². The fourth-order valence-electron chi connectivity index (χ4n) is 5.75. The molecule has 0 fully saturated rings. The highest BCUT2D eigenvalue weighted by Crippen LogP contribution is 2.15. The molecule has 0 bridgehead atoms. The summed E-state index contributed by atoms with van der Waals surface area (Å²) in [5, 5.41) is 19.7. The minimum absolute atomic E-state index is 0.0498. The summed E-state index contributed by atoms with van der Waals surface area (Å²) < 4.78 is 0. The molecule has 41 heavy (non-hydrogen) atoms. The third-order valence-corrected chi connectivity index (χ3v) is 8.50. The summed E-state index contributed by atoms with van der Waals surface area (Å²) in [7, 11) is 1.00. The molecule has 3 N–H and O–H groups in total. The maximum Gasteiger partial charge on any atom is 0.220 e. The normalized spacial score (nSPS) is 11.7. The molecule has 0 saturated heterocycles. The van der Waals surface area contributed by atoms with Crippen LogP contribution in [0.4, 0.5) is 0 Å². The van der Waals surface area contributed by atoms with Crippen LogP contribution in [0.1, 0.15) is 213 Å². The lowest BCUT2D eigenvalue weighted by atomic mass is 10.0. The molecule has 0 spiro atoms. The molecule has 4 heteroatoms. The minimum atomic E-state index is -0.0498. The van der Waals surface area contributed by atoms with E-state index in [4.69, 9.17) is 5.11 Å². The molecule has 0 heterocycles. The minimum Gasteiger partial charge on any atom is -0.400 e. The highest BCUT2D eigenvalue weighted by Gasteiger charge is 2.10. The molecular weight excluding hydrogens is 506 g/mol. The second kappa shape index (κ2) is 39.4. The van der Waals surface area contributed by atoms with Crippen molar-refractivity contribution in [1.82, 2.24) is 5.32 Å². The molecule has 0 aliphatic carbocycles.